The molecule has 0 saturated carbocycles. The van der Waals surface area contributed by atoms with Crippen molar-refractivity contribution in [1.82, 2.24) is 0 Å². The van der Waals surface area contributed by atoms with Crippen molar-refractivity contribution in [1.29, 1.82) is 0 Å². The maximum Gasteiger partial charge on any atom is -0.00199 e. The van der Waals surface area contributed by atoms with Gasteiger partial charge in [0.25, 0.3) is 0 Å². The molecule has 0 aliphatic rings. The van der Waals surface area contributed by atoms with E-state index < -0.39 is 0 Å². The van der Waals surface area contributed by atoms with E-state index in [1.165, 1.54) is 263 Å². The van der Waals surface area contributed by atoms with Crippen LogP contribution in [0.3, 0.4) is 0 Å². The summed E-state index contributed by atoms with van der Waals surface area (Å²) >= 11 is 0. The molecule has 0 saturated heterocycles. The number of fused-ring (bicyclic) bond motifs is 12. The lowest BCUT2D eigenvalue weighted by Gasteiger charge is -2.20. The Bertz CT molecular complexity index is 9220. The summed E-state index contributed by atoms with van der Waals surface area (Å²) in [6, 6.07) is 200. The van der Waals surface area contributed by atoms with E-state index >= 15 is 0 Å². The van der Waals surface area contributed by atoms with Gasteiger partial charge in [-0.15, -0.1) is 0 Å². The minimum absolute atomic E-state index is 1.23. The monoisotopic (exact) mass is 1750 g/mol. The van der Waals surface area contributed by atoms with E-state index in [2.05, 4.69) is 546 Å². The van der Waals surface area contributed by atoms with Gasteiger partial charge in [-0.2, -0.15) is 0 Å². The lowest BCUT2D eigenvalue weighted by Crippen LogP contribution is -1.93. The standard InChI is InChI=1S/3C46H30/c1-2-13-31(14-3-1)32-25-27-34(28-26-32)45-40-20-8-10-22-42(40)46(43-23-11-9-21-41(43)45)36-29-35-16-5-7-19-38(35)44(30-36)39-24-12-17-33-15-4-6-18-37(33)39;1-2-12-31(13-3-1)33-22-25-34(26-23-33)45-40-18-8-10-20-42(40)46(43-21-11-9-19-41(43)45)38-29-36-16-6-7-17-39(36)44(30-38)37-27-24-32-14-4-5-15-35(32)28-37;1-2-12-31(13-3-1)33-22-25-34(26-23-33)45-39-18-8-10-20-41(39)46(42-21-11-9-19-40(42)45)44-30-37-17-7-6-16-36(37)29-43(44)38-27-24-32-14-4-5-15-35(32)28-38/h3*1-30H. The van der Waals surface area contributed by atoms with E-state index in [0.29, 0.717) is 0 Å². The zero-order valence-corrected chi connectivity index (χ0v) is 76.0. The molecule has 0 radical (unpaired) electrons. The maximum atomic E-state index is 2.42. The van der Waals surface area contributed by atoms with Crippen LogP contribution < -0.4 is 0 Å². The Morgan fingerprint density at radius 3 is 0.630 bits per heavy atom. The first-order chi connectivity index (χ1) is 68.5. The summed E-state index contributed by atoms with van der Waals surface area (Å²) < 4.78 is 0. The Labute approximate surface area is 802 Å². The van der Waals surface area contributed by atoms with Crippen molar-refractivity contribution in [2.24, 2.45) is 0 Å². The molecule has 27 rings (SSSR count). The third kappa shape index (κ3) is 15.0. The molecule has 0 aliphatic carbocycles. The second-order valence-corrected chi connectivity index (χ2v) is 36.2. The molecule has 0 unspecified atom stereocenters. The first kappa shape index (κ1) is 82.0. The lowest BCUT2D eigenvalue weighted by atomic mass is 9.82. The molecule has 0 heterocycles. The zero-order valence-electron chi connectivity index (χ0n) is 76.0. The van der Waals surface area contributed by atoms with Crippen LogP contribution in [-0.4, -0.2) is 0 Å². The smallest absolute Gasteiger partial charge is 0.00199 e. The number of rotatable bonds is 12. The average molecular weight is 1750 g/mol. The predicted octanol–water partition coefficient (Wildman–Crippen LogP) is 38.9. The van der Waals surface area contributed by atoms with Crippen LogP contribution in [0.25, 0.3) is 263 Å². The summed E-state index contributed by atoms with van der Waals surface area (Å²) in [5.41, 5.74) is 30.0. The minimum atomic E-state index is 1.23. The normalized spacial score (nSPS) is 11.5. The van der Waals surface area contributed by atoms with E-state index in [1.54, 1.807) is 0 Å². The second-order valence-electron chi connectivity index (χ2n) is 36.2. The quantitative estimate of drug-likeness (QED) is 0.107. The molecule has 0 spiro atoms. The molecule has 0 fully saturated rings. The highest BCUT2D eigenvalue weighted by atomic mass is 14.3. The molecule has 0 nitrogen and oxygen atoms in total. The van der Waals surface area contributed by atoms with Gasteiger partial charge in [-0.1, -0.05) is 497 Å². The van der Waals surface area contributed by atoms with Gasteiger partial charge in [-0.3, -0.25) is 0 Å². The topological polar surface area (TPSA) is 0 Å². The van der Waals surface area contributed by atoms with Crippen molar-refractivity contribution in [3.05, 3.63) is 546 Å². The van der Waals surface area contributed by atoms with Crippen LogP contribution in [0, 0.1) is 0 Å². The molecule has 27 aromatic carbocycles. The molecule has 0 aromatic heterocycles. The van der Waals surface area contributed by atoms with Gasteiger partial charge in [0.15, 0.2) is 0 Å². The van der Waals surface area contributed by atoms with Crippen LogP contribution >= 0.6 is 0 Å². The number of hydrogen-bond donors (Lipinski definition) is 0. The van der Waals surface area contributed by atoms with Crippen molar-refractivity contribution in [2.75, 3.05) is 0 Å². The highest BCUT2D eigenvalue weighted by Gasteiger charge is 2.25. The SMILES string of the molecule is c1ccc(-c2ccc(-c3c4ccccc4c(-c4cc(-c5ccc6ccccc6c5)c5ccccc5c4)c4ccccc34)cc2)cc1.c1ccc(-c2ccc(-c3c4ccccc4c(-c4cc(-c5cccc6ccccc56)c5ccccc5c4)c4ccccc34)cc2)cc1.c1ccc(-c2ccc(-c3c4ccccc4c(-c4cc5ccccc5cc4-c4ccc5ccccc5c4)c4ccccc34)cc2)cc1. The molecule has 0 aliphatic heterocycles. The summed E-state index contributed by atoms with van der Waals surface area (Å²) in [5.74, 6) is 0. The van der Waals surface area contributed by atoms with Crippen LogP contribution in [0.15, 0.2) is 546 Å². The van der Waals surface area contributed by atoms with Crippen molar-refractivity contribution in [3.8, 4) is 134 Å². The van der Waals surface area contributed by atoms with Crippen LogP contribution in [0.5, 0.6) is 0 Å². The highest BCUT2D eigenvalue weighted by Crippen LogP contribution is 2.52. The van der Waals surface area contributed by atoms with E-state index in [1.807, 2.05) is 0 Å². The fourth-order valence-corrected chi connectivity index (χ4v) is 21.8. The Morgan fingerprint density at radius 2 is 0.283 bits per heavy atom. The summed E-state index contributed by atoms with van der Waals surface area (Å²) in [5, 5.41) is 30.3. The fraction of sp³-hybridized carbons (Fsp3) is 0. The average Bonchev–Trinajstić information content (AvgIpc) is 0.723. The highest BCUT2D eigenvalue weighted by molar-refractivity contribution is 6.27. The van der Waals surface area contributed by atoms with Crippen LogP contribution in [0.1, 0.15) is 0 Å². The van der Waals surface area contributed by atoms with Gasteiger partial charge >= 0.3 is 0 Å². The summed E-state index contributed by atoms with van der Waals surface area (Å²) in [4.78, 5) is 0. The molecule has 642 valence electrons. The van der Waals surface area contributed by atoms with E-state index in [4.69, 9.17) is 0 Å². The van der Waals surface area contributed by atoms with Crippen molar-refractivity contribution >= 4 is 129 Å². The number of hydrogen-bond acceptors (Lipinski definition) is 0. The molecule has 0 N–H and O–H groups in total. The first-order valence-electron chi connectivity index (χ1n) is 47.8. The Balaban J connectivity index is 0.000000110. The zero-order chi connectivity index (χ0) is 91.4. The fourth-order valence-electron chi connectivity index (χ4n) is 21.8. The third-order valence-corrected chi connectivity index (χ3v) is 28.3. The van der Waals surface area contributed by atoms with Gasteiger partial charge in [0.05, 0.1) is 0 Å². The lowest BCUT2D eigenvalue weighted by molar-refractivity contribution is 1.61. The van der Waals surface area contributed by atoms with Gasteiger partial charge in [0.2, 0.25) is 0 Å². The molecule has 0 atom stereocenters. The predicted molar refractivity (Wildman–Crippen MR) is 595 cm³/mol. The molecule has 27 aromatic rings. The van der Waals surface area contributed by atoms with Crippen LogP contribution in [0.4, 0.5) is 0 Å². The maximum absolute atomic E-state index is 2.42. The summed E-state index contributed by atoms with van der Waals surface area (Å²) in [6.45, 7) is 0. The molecular weight excluding hydrogens is 1660 g/mol. The second kappa shape index (κ2) is 35.5. The van der Waals surface area contributed by atoms with Crippen LogP contribution in [-0.2, 0) is 0 Å². The summed E-state index contributed by atoms with van der Waals surface area (Å²) in [6.07, 6.45) is 0. The van der Waals surface area contributed by atoms with Crippen molar-refractivity contribution in [2.45, 2.75) is 0 Å². The van der Waals surface area contributed by atoms with E-state index in [-0.39, 0.29) is 0 Å². The Hall–Kier alpha value is -17.9. The van der Waals surface area contributed by atoms with Gasteiger partial charge in [0, 0.05) is 0 Å². The van der Waals surface area contributed by atoms with E-state index in [9.17, 15) is 0 Å². The molecule has 138 heavy (non-hydrogen) atoms. The van der Waals surface area contributed by atoms with E-state index in [0.717, 1.165) is 0 Å². The van der Waals surface area contributed by atoms with Gasteiger partial charge < -0.3 is 0 Å². The van der Waals surface area contributed by atoms with Crippen molar-refractivity contribution < 1.29 is 0 Å². The van der Waals surface area contributed by atoms with Crippen LogP contribution in [0.2, 0.25) is 0 Å². The molecule has 0 heteroatoms. The summed E-state index contributed by atoms with van der Waals surface area (Å²) in [7, 11) is 0. The molecule has 0 bridgehead atoms. The molecular formula is C138H90. The van der Waals surface area contributed by atoms with Gasteiger partial charge in [-0.05, 0) is 311 Å². The van der Waals surface area contributed by atoms with Gasteiger partial charge in [0.1, 0.15) is 0 Å². The molecule has 0 amide bonds. The van der Waals surface area contributed by atoms with Crippen molar-refractivity contribution in [3.63, 3.8) is 0 Å². The third-order valence-electron chi connectivity index (χ3n) is 28.3. The van der Waals surface area contributed by atoms with Gasteiger partial charge in [-0.25, -0.2) is 0 Å². The minimum Gasteiger partial charge on any atom is -0.0622 e. The first-order valence-corrected chi connectivity index (χ1v) is 47.8. The largest absolute Gasteiger partial charge is 0.0622 e. The Kier molecular flexibility index (Phi) is 21.1. The number of benzene rings is 27. The Morgan fingerprint density at radius 1 is 0.0725 bits per heavy atom.